The molecule has 0 saturated carbocycles. The number of hydrogen-bond donors (Lipinski definition) is 1. The zero-order valence-corrected chi connectivity index (χ0v) is 17.5. The fourth-order valence-corrected chi connectivity index (χ4v) is 4.07. The molecule has 0 bridgehead atoms. The van der Waals surface area contributed by atoms with Crippen molar-refractivity contribution in [2.75, 3.05) is 13.1 Å². The zero-order valence-electron chi connectivity index (χ0n) is 17.5. The minimum Gasteiger partial charge on any atom is -0.388 e. The monoisotopic (exact) mass is 403 g/mol. The summed E-state index contributed by atoms with van der Waals surface area (Å²) in [5.74, 6) is 0.0356. The highest BCUT2D eigenvalue weighted by molar-refractivity contribution is 5.99. The highest BCUT2D eigenvalue weighted by atomic mass is 16.3. The van der Waals surface area contributed by atoms with Gasteiger partial charge in [-0.25, -0.2) is 4.98 Å². The summed E-state index contributed by atoms with van der Waals surface area (Å²) in [5, 5.41) is 13.1. The second-order valence-corrected chi connectivity index (χ2v) is 8.26. The molecule has 30 heavy (non-hydrogen) atoms. The maximum absolute atomic E-state index is 13.0. The van der Waals surface area contributed by atoms with E-state index in [1.165, 1.54) is 5.56 Å². The average molecular weight is 404 g/mol. The van der Waals surface area contributed by atoms with E-state index in [4.69, 9.17) is 0 Å². The molecule has 1 aliphatic rings. The molecule has 1 fully saturated rings. The molecule has 4 rings (SSSR count). The van der Waals surface area contributed by atoms with Crippen molar-refractivity contribution in [3.63, 3.8) is 0 Å². The Kier molecular flexibility index (Phi) is 6.00. The third kappa shape index (κ3) is 4.62. The molecule has 2 aromatic carbocycles. The average Bonchev–Trinajstić information content (AvgIpc) is 3.26. The summed E-state index contributed by atoms with van der Waals surface area (Å²) >= 11 is 0. The van der Waals surface area contributed by atoms with Crippen molar-refractivity contribution in [1.29, 1.82) is 0 Å². The zero-order chi connectivity index (χ0) is 21.0. The molecule has 1 N–H and O–H groups in total. The number of piperidine rings is 1. The first kappa shape index (κ1) is 20.4. The number of allylic oxidation sites excluding steroid dienone is 1. The molecule has 5 nitrogen and oxygen atoms in total. The van der Waals surface area contributed by atoms with E-state index in [0.29, 0.717) is 38.0 Å². The van der Waals surface area contributed by atoms with Crippen LogP contribution in [0, 0.1) is 0 Å². The summed E-state index contributed by atoms with van der Waals surface area (Å²) in [7, 11) is 0. The second-order valence-electron chi connectivity index (χ2n) is 8.26. The van der Waals surface area contributed by atoms with Crippen LogP contribution in [-0.2, 0) is 6.54 Å². The van der Waals surface area contributed by atoms with Gasteiger partial charge >= 0.3 is 0 Å². The Bertz CT molecular complexity index is 1030. The van der Waals surface area contributed by atoms with Crippen molar-refractivity contribution in [3.8, 4) is 0 Å². The molecule has 3 aromatic rings. The summed E-state index contributed by atoms with van der Waals surface area (Å²) in [6.45, 7) is 3.80. The van der Waals surface area contributed by atoms with Crippen LogP contribution < -0.4 is 0 Å². The Morgan fingerprint density at radius 2 is 1.93 bits per heavy atom. The van der Waals surface area contributed by atoms with Gasteiger partial charge in [0.05, 0.1) is 18.5 Å². The smallest absolute Gasteiger partial charge is 0.253 e. The van der Waals surface area contributed by atoms with Crippen LogP contribution in [0.5, 0.6) is 0 Å². The van der Waals surface area contributed by atoms with E-state index in [1.54, 1.807) is 12.5 Å². The fourth-order valence-electron chi connectivity index (χ4n) is 4.07. The second kappa shape index (κ2) is 8.84. The van der Waals surface area contributed by atoms with Crippen LogP contribution in [0.1, 0.15) is 48.5 Å². The summed E-state index contributed by atoms with van der Waals surface area (Å²) in [6.07, 6.45) is 13.0. The van der Waals surface area contributed by atoms with Gasteiger partial charge in [-0.05, 0) is 53.8 Å². The number of unbranched alkanes of at least 4 members (excludes halogenated alkanes) is 1. The van der Waals surface area contributed by atoms with Gasteiger partial charge in [0.15, 0.2) is 0 Å². The van der Waals surface area contributed by atoms with Gasteiger partial charge in [0, 0.05) is 31.0 Å². The lowest BCUT2D eigenvalue weighted by atomic mass is 9.91. The number of carbonyl (C=O) groups excluding carboxylic acids is 1. The molecule has 0 spiro atoms. The summed E-state index contributed by atoms with van der Waals surface area (Å²) < 4.78 is 1.90. The number of amides is 1. The van der Waals surface area contributed by atoms with Gasteiger partial charge in [-0.3, -0.25) is 4.79 Å². The lowest BCUT2D eigenvalue weighted by Crippen LogP contribution is -2.48. The van der Waals surface area contributed by atoms with Crippen LogP contribution in [0.4, 0.5) is 0 Å². The number of aromatic nitrogens is 2. The summed E-state index contributed by atoms with van der Waals surface area (Å²) in [4.78, 5) is 18.9. The molecule has 0 atom stereocenters. The molecule has 0 unspecified atom stereocenters. The highest BCUT2D eigenvalue weighted by Crippen LogP contribution is 2.26. The molecule has 1 saturated heterocycles. The standard InChI is InChI=1S/C25H29N3O2/c1-2-3-4-5-20-6-7-22-17-23(9-8-21(22)16-20)24(29)28-13-10-25(30,11-14-28)18-27-15-12-26-19-27/h4-9,12,15-17,19,30H,2-3,10-11,13-14,18H2,1H3/b5-4+. The Morgan fingerprint density at radius 1 is 1.17 bits per heavy atom. The Hall–Kier alpha value is -2.92. The molecule has 0 radical (unpaired) electrons. The topological polar surface area (TPSA) is 58.4 Å². The SMILES string of the molecule is CCC/C=C/c1ccc2cc(C(=O)N3CCC(O)(Cn4ccnc4)CC3)ccc2c1. The number of rotatable bonds is 6. The van der Waals surface area contributed by atoms with Crippen molar-refractivity contribution in [2.24, 2.45) is 0 Å². The predicted octanol–water partition coefficient (Wildman–Crippen LogP) is 4.52. The molecule has 1 aromatic heterocycles. The number of aliphatic hydroxyl groups is 1. The normalized spacial score (nSPS) is 16.4. The number of hydrogen-bond acceptors (Lipinski definition) is 3. The first-order valence-electron chi connectivity index (χ1n) is 10.7. The third-order valence-corrected chi connectivity index (χ3v) is 5.89. The van der Waals surface area contributed by atoms with Gasteiger partial charge in [-0.1, -0.05) is 43.7 Å². The predicted molar refractivity (Wildman–Crippen MR) is 120 cm³/mol. The van der Waals surface area contributed by atoms with E-state index < -0.39 is 5.60 Å². The Labute approximate surface area is 177 Å². The lowest BCUT2D eigenvalue weighted by molar-refractivity contribution is -0.0292. The van der Waals surface area contributed by atoms with Crippen LogP contribution >= 0.6 is 0 Å². The quantitative estimate of drug-likeness (QED) is 0.658. The van der Waals surface area contributed by atoms with E-state index in [9.17, 15) is 9.90 Å². The highest BCUT2D eigenvalue weighted by Gasteiger charge is 2.34. The number of carbonyl (C=O) groups is 1. The van der Waals surface area contributed by atoms with Crippen molar-refractivity contribution >= 4 is 22.8 Å². The fraction of sp³-hybridized carbons (Fsp3) is 0.360. The largest absolute Gasteiger partial charge is 0.388 e. The maximum Gasteiger partial charge on any atom is 0.253 e. The molecular formula is C25H29N3O2. The number of likely N-dealkylation sites (tertiary alicyclic amines) is 1. The van der Waals surface area contributed by atoms with E-state index >= 15 is 0 Å². The maximum atomic E-state index is 13.0. The van der Waals surface area contributed by atoms with E-state index in [1.807, 2.05) is 33.9 Å². The minimum atomic E-state index is -0.789. The van der Waals surface area contributed by atoms with Gasteiger partial charge in [-0.15, -0.1) is 0 Å². The van der Waals surface area contributed by atoms with Crippen LogP contribution in [0.25, 0.3) is 16.8 Å². The van der Waals surface area contributed by atoms with Gasteiger partial charge < -0.3 is 14.6 Å². The third-order valence-electron chi connectivity index (χ3n) is 5.89. The van der Waals surface area contributed by atoms with Crippen LogP contribution in [-0.4, -0.2) is 44.2 Å². The number of nitrogens with zero attached hydrogens (tertiary/aromatic N) is 3. The Morgan fingerprint density at radius 3 is 2.67 bits per heavy atom. The number of fused-ring (bicyclic) bond motifs is 1. The molecule has 156 valence electrons. The van der Waals surface area contributed by atoms with Crippen molar-refractivity contribution in [1.82, 2.24) is 14.5 Å². The van der Waals surface area contributed by atoms with E-state index in [-0.39, 0.29) is 5.91 Å². The first-order valence-corrected chi connectivity index (χ1v) is 10.7. The van der Waals surface area contributed by atoms with Crippen LogP contribution in [0.2, 0.25) is 0 Å². The van der Waals surface area contributed by atoms with E-state index in [0.717, 1.165) is 23.6 Å². The van der Waals surface area contributed by atoms with Crippen molar-refractivity contribution in [3.05, 3.63) is 72.3 Å². The van der Waals surface area contributed by atoms with Gasteiger partial charge in [-0.2, -0.15) is 0 Å². The first-order chi connectivity index (χ1) is 14.6. The van der Waals surface area contributed by atoms with Crippen LogP contribution in [0.15, 0.2) is 61.2 Å². The van der Waals surface area contributed by atoms with Crippen molar-refractivity contribution in [2.45, 2.75) is 44.8 Å². The minimum absolute atomic E-state index is 0.0356. The molecule has 1 aliphatic heterocycles. The van der Waals surface area contributed by atoms with Gasteiger partial charge in [0.25, 0.3) is 5.91 Å². The summed E-state index contributed by atoms with van der Waals surface area (Å²) in [6, 6.07) is 12.3. The molecule has 2 heterocycles. The molecule has 1 amide bonds. The molecule has 5 heteroatoms. The molecular weight excluding hydrogens is 374 g/mol. The lowest BCUT2D eigenvalue weighted by Gasteiger charge is -2.38. The molecule has 0 aliphatic carbocycles. The van der Waals surface area contributed by atoms with Crippen LogP contribution in [0.3, 0.4) is 0 Å². The Balaban J connectivity index is 1.42. The number of imidazole rings is 1. The van der Waals surface area contributed by atoms with Gasteiger partial charge in [0.2, 0.25) is 0 Å². The van der Waals surface area contributed by atoms with E-state index in [2.05, 4.69) is 42.3 Å². The van der Waals surface area contributed by atoms with Crippen molar-refractivity contribution < 1.29 is 9.90 Å². The summed E-state index contributed by atoms with van der Waals surface area (Å²) in [5.41, 5.74) is 1.10. The number of benzene rings is 2. The van der Waals surface area contributed by atoms with Gasteiger partial charge in [0.1, 0.15) is 0 Å².